The van der Waals surface area contributed by atoms with Crippen LogP contribution < -0.4 is 5.73 Å². The minimum Gasteiger partial charge on any atom is -0.330 e. The molecule has 4 nitrogen and oxygen atoms in total. The first kappa shape index (κ1) is 15.4. The summed E-state index contributed by atoms with van der Waals surface area (Å²) in [5.74, 6) is 0.654. The fourth-order valence-corrected chi connectivity index (χ4v) is 3.80. The lowest BCUT2D eigenvalue weighted by Gasteiger charge is -2.39. The minimum absolute atomic E-state index is 0.0241. The minimum atomic E-state index is -0.295. The van der Waals surface area contributed by atoms with Crippen LogP contribution in [0.25, 0.3) is 0 Å². The third-order valence-corrected chi connectivity index (χ3v) is 4.92. The van der Waals surface area contributed by atoms with E-state index in [9.17, 15) is 10.1 Å². The Morgan fingerprint density at radius 1 is 1.55 bits per heavy atom. The highest BCUT2D eigenvalue weighted by Gasteiger charge is 2.35. The highest BCUT2D eigenvalue weighted by atomic mass is 79.9. The summed E-state index contributed by atoms with van der Waals surface area (Å²) in [7, 11) is 0. The molecule has 0 heterocycles. The number of halogens is 1. The van der Waals surface area contributed by atoms with E-state index in [2.05, 4.69) is 22.9 Å². The highest BCUT2D eigenvalue weighted by molar-refractivity contribution is 9.10. The molecule has 0 saturated heterocycles. The summed E-state index contributed by atoms with van der Waals surface area (Å²) >= 11 is 3.30. The lowest BCUT2D eigenvalue weighted by atomic mass is 9.67. The molecule has 1 aromatic rings. The van der Waals surface area contributed by atoms with Crippen molar-refractivity contribution in [2.75, 3.05) is 6.54 Å². The molecule has 2 atom stereocenters. The summed E-state index contributed by atoms with van der Waals surface area (Å²) in [5.41, 5.74) is 7.05. The van der Waals surface area contributed by atoms with Crippen LogP contribution in [0.3, 0.4) is 0 Å². The van der Waals surface area contributed by atoms with Gasteiger partial charge in [-0.2, -0.15) is 0 Å². The van der Waals surface area contributed by atoms with Gasteiger partial charge in [-0.3, -0.25) is 10.1 Å². The van der Waals surface area contributed by atoms with Crippen molar-refractivity contribution in [1.82, 2.24) is 0 Å². The van der Waals surface area contributed by atoms with Crippen molar-refractivity contribution in [3.05, 3.63) is 38.3 Å². The first-order chi connectivity index (χ1) is 9.46. The number of nitrogens with zero attached hydrogens (tertiary/aromatic N) is 1. The molecule has 0 spiro atoms. The number of benzene rings is 1. The van der Waals surface area contributed by atoms with Gasteiger partial charge >= 0.3 is 0 Å². The molecule has 1 aliphatic carbocycles. The molecule has 0 bridgehead atoms. The van der Waals surface area contributed by atoms with Crippen molar-refractivity contribution in [2.45, 2.75) is 39.0 Å². The first-order valence-corrected chi connectivity index (χ1v) is 7.88. The van der Waals surface area contributed by atoms with Crippen LogP contribution in [0.2, 0.25) is 0 Å². The second kappa shape index (κ2) is 6.22. The van der Waals surface area contributed by atoms with Crippen LogP contribution in [0.5, 0.6) is 0 Å². The number of hydrogen-bond acceptors (Lipinski definition) is 3. The molecule has 2 rings (SSSR count). The number of nitro groups is 1. The van der Waals surface area contributed by atoms with Crippen molar-refractivity contribution in [3.8, 4) is 0 Å². The Bertz CT molecular complexity index is 507. The van der Waals surface area contributed by atoms with Crippen molar-refractivity contribution in [3.63, 3.8) is 0 Å². The molecule has 5 heteroatoms. The molecule has 20 heavy (non-hydrogen) atoms. The topological polar surface area (TPSA) is 69.2 Å². The van der Waals surface area contributed by atoms with Gasteiger partial charge in [-0.05, 0) is 43.2 Å². The molecule has 110 valence electrons. The van der Waals surface area contributed by atoms with Crippen LogP contribution in [-0.4, -0.2) is 11.5 Å². The van der Waals surface area contributed by atoms with Gasteiger partial charge in [0.25, 0.3) is 5.69 Å². The third kappa shape index (κ3) is 3.38. The van der Waals surface area contributed by atoms with Crippen LogP contribution in [0.15, 0.2) is 22.7 Å². The molecule has 1 aliphatic rings. The van der Waals surface area contributed by atoms with Crippen molar-refractivity contribution < 1.29 is 4.92 Å². The fourth-order valence-electron chi connectivity index (χ4n) is 3.45. The zero-order chi connectivity index (χ0) is 14.8. The summed E-state index contributed by atoms with van der Waals surface area (Å²) < 4.78 is 0.742. The van der Waals surface area contributed by atoms with E-state index in [1.807, 2.05) is 12.1 Å². The molecule has 1 fully saturated rings. The molecule has 1 aromatic carbocycles. The van der Waals surface area contributed by atoms with Gasteiger partial charge < -0.3 is 5.73 Å². The first-order valence-electron chi connectivity index (χ1n) is 7.09. The predicted molar refractivity (Wildman–Crippen MR) is 83.6 cm³/mol. The molecular weight excluding hydrogens is 320 g/mol. The summed E-state index contributed by atoms with van der Waals surface area (Å²) in [6.45, 7) is 2.85. The average molecular weight is 341 g/mol. The molecule has 0 aliphatic heterocycles. The Labute approximate surface area is 128 Å². The van der Waals surface area contributed by atoms with Crippen LogP contribution in [-0.2, 0) is 6.42 Å². The van der Waals surface area contributed by atoms with Gasteiger partial charge in [0.2, 0.25) is 0 Å². The molecule has 1 saturated carbocycles. The Hall–Kier alpha value is -0.940. The standard InChI is InChI=1S/C15H21BrN2O2/c1-11-3-2-6-15(8-11,10-17)9-12-4-5-13(16)7-14(12)18(19)20/h4-5,7,11H,2-3,6,8-10,17H2,1H3. The van der Waals surface area contributed by atoms with Gasteiger partial charge in [0.1, 0.15) is 0 Å². The van der Waals surface area contributed by atoms with Gasteiger partial charge in [0.05, 0.1) is 4.92 Å². The highest BCUT2D eigenvalue weighted by Crippen LogP contribution is 2.42. The van der Waals surface area contributed by atoms with Crippen molar-refractivity contribution in [2.24, 2.45) is 17.1 Å². The van der Waals surface area contributed by atoms with E-state index >= 15 is 0 Å². The van der Waals surface area contributed by atoms with Crippen LogP contribution >= 0.6 is 15.9 Å². The van der Waals surface area contributed by atoms with E-state index in [0.29, 0.717) is 18.9 Å². The predicted octanol–water partition coefficient (Wildman–Crippen LogP) is 4.06. The van der Waals surface area contributed by atoms with Crippen molar-refractivity contribution >= 4 is 21.6 Å². The number of hydrogen-bond donors (Lipinski definition) is 1. The van der Waals surface area contributed by atoms with Crippen LogP contribution in [0.4, 0.5) is 5.69 Å². The Morgan fingerprint density at radius 3 is 2.90 bits per heavy atom. The summed E-state index contributed by atoms with van der Waals surface area (Å²) in [5, 5.41) is 11.2. The SMILES string of the molecule is CC1CCCC(CN)(Cc2ccc(Br)cc2[N+](=O)[O-])C1. The second-order valence-electron chi connectivity index (χ2n) is 6.11. The zero-order valence-corrected chi connectivity index (χ0v) is 13.4. The Kier molecular flexibility index (Phi) is 4.81. The monoisotopic (exact) mass is 340 g/mol. The lowest BCUT2D eigenvalue weighted by Crippen LogP contribution is -2.37. The van der Waals surface area contributed by atoms with E-state index < -0.39 is 0 Å². The number of nitro benzene ring substituents is 1. The van der Waals surface area contributed by atoms with Gasteiger partial charge in [-0.25, -0.2) is 0 Å². The zero-order valence-electron chi connectivity index (χ0n) is 11.8. The quantitative estimate of drug-likeness (QED) is 0.663. The number of rotatable bonds is 4. The van der Waals surface area contributed by atoms with Crippen molar-refractivity contribution in [1.29, 1.82) is 0 Å². The Morgan fingerprint density at radius 2 is 2.30 bits per heavy atom. The third-order valence-electron chi connectivity index (χ3n) is 4.43. The van der Waals surface area contributed by atoms with Crippen LogP contribution in [0.1, 0.15) is 38.2 Å². The summed E-state index contributed by atoms with van der Waals surface area (Å²) in [6.07, 6.45) is 5.25. The molecule has 0 aromatic heterocycles. The van der Waals surface area contributed by atoms with E-state index in [1.54, 1.807) is 6.07 Å². The van der Waals surface area contributed by atoms with Gasteiger partial charge in [-0.15, -0.1) is 0 Å². The fraction of sp³-hybridized carbons (Fsp3) is 0.600. The maximum Gasteiger partial charge on any atom is 0.273 e. The van der Waals surface area contributed by atoms with Crippen LogP contribution in [0, 0.1) is 21.4 Å². The van der Waals surface area contributed by atoms with E-state index in [-0.39, 0.29) is 16.0 Å². The lowest BCUT2D eigenvalue weighted by molar-refractivity contribution is -0.385. The molecule has 2 unspecified atom stereocenters. The summed E-state index contributed by atoms with van der Waals surface area (Å²) in [6, 6.07) is 5.32. The van der Waals surface area contributed by atoms with Gasteiger partial charge in [0.15, 0.2) is 0 Å². The normalized spacial score (nSPS) is 26.4. The molecule has 2 N–H and O–H groups in total. The smallest absolute Gasteiger partial charge is 0.273 e. The number of nitrogens with two attached hydrogens (primary N) is 1. The maximum atomic E-state index is 11.2. The van der Waals surface area contributed by atoms with E-state index in [1.165, 1.54) is 12.8 Å². The van der Waals surface area contributed by atoms with Gasteiger partial charge in [0, 0.05) is 16.1 Å². The van der Waals surface area contributed by atoms with E-state index in [4.69, 9.17) is 5.73 Å². The summed E-state index contributed by atoms with van der Waals surface area (Å²) in [4.78, 5) is 10.9. The Balaban J connectivity index is 2.30. The average Bonchev–Trinajstić information content (AvgIpc) is 2.40. The molecule has 0 radical (unpaired) electrons. The van der Waals surface area contributed by atoms with Gasteiger partial charge in [-0.1, -0.05) is 41.8 Å². The maximum absolute atomic E-state index is 11.2. The largest absolute Gasteiger partial charge is 0.330 e. The molecule has 0 amide bonds. The second-order valence-corrected chi connectivity index (χ2v) is 7.03. The van der Waals surface area contributed by atoms with E-state index in [0.717, 1.165) is 22.9 Å². The molecular formula is C15H21BrN2O2.